The first-order valence-corrected chi connectivity index (χ1v) is 10.4. The molecule has 0 N–H and O–H groups in total. The van der Waals surface area contributed by atoms with Gasteiger partial charge in [-0.3, -0.25) is 0 Å². The first kappa shape index (κ1) is 18.8. The molecule has 0 saturated carbocycles. The van der Waals surface area contributed by atoms with Gasteiger partial charge in [-0.25, -0.2) is 4.99 Å². The van der Waals surface area contributed by atoms with E-state index in [2.05, 4.69) is 11.1 Å². The summed E-state index contributed by atoms with van der Waals surface area (Å²) < 4.78 is 6.12. The Bertz CT molecular complexity index is 1170. The maximum atomic E-state index is 9.90. The van der Waals surface area contributed by atoms with Crippen molar-refractivity contribution in [2.24, 2.45) is 4.99 Å². The van der Waals surface area contributed by atoms with Crippen LogP contribution in [0.1, 0.15) is 11.1 Å². The highest BCUT2D eigenvalue weighted by Gasteiger charge is 2.22. The van der Waals surface area contributed by atoms with Gasteiger partial charge in [0, 0.05) is 22.2 Å². The van der Waals surface area contributed by atoms with E-state index in [9.17, 15) is 5.26 Å². The van der Waals surface area contributed by atoms with Gasteiger partial charge in [-0.1, -0.05) is 72.8 Å². The largest absolute Gasteiger partial charge is 0.436 e. The maximum Gasteiger partial charge on any atom is 0.238 e. The average molecular weight is 394 g/mol. The molecule has 3 aromatic carbocycles. The van der Waals surface area contributed by atoms with Crippen LogP contribution < -0.4 is 0 Å². The minimum atomic E-state index is 0.319. The van der Waals surface area contributed by atoms with Crippen LogP contribution in [-0.2, 0) is 0 Å². The van der Waals surface area contributed by atoms with Crippen LogP contribution >= 0.6 is 11.8 Å². The van der Waals surface area contributed by atoms with Gasteiger partial charge in [0.1, 0.15) is 17.4 Å². The number of furan rings is 1. The molecule has 0 spiro atoms. The molecule has 0 atom stereocenters. The van der Waals surface area contributed by atoms with Crippen molar-refractivity contribution in [3.8, 4) is 28.5 Å². The smallest absolute Gasteiger partial charge is 0.238 e. The van der Waals surface area contributed by atoms with Gasteiger partial charge in [0.2, 0.25) is 5.88 Å². The van der Waals surface area contributed by atoms with E-state index < -0.39 is 0 Å². The van der Waals surface area contributed by atoms with Gasteiger partial charge in [0.25, 0.3) is 0 Å². The van der Waals surface area contributed by atoms with Crippen LogP contribution in [-0.4, -0.2) is 12.5 Å². The van der Waals surface area contributed by atoms with Crippen LogP contribution in [0.5, 0.6) is 0 Å². The summed E-state index contributed by atoms with van der Waals surface area (Å²) in [5.41, 5.74) is 3.99. The van der Waals surface area contributed by atoms with Crippen molar-refractivity contribution in [3.63, 3.8) is 0 Å². The summed E-state index contributed by atoms with van der Waals surface area (Å²) in [5.74, 6) is 0.970. The van der Waals surface area contributed by atoms with E-state index in [0.29, 0.717) is 17.2 Å². The molecule has 0 bridgehead atoms. The Hall–Kier alpha value is -3.55. The van der Waals surface area contributed by atoms with Gasteiger partial charge in [-0.05, 0) is 29.5 Å². The second-order valence-electron chi connectivity index (χ2n) is 6.36. The molecule has 4 heteroatoms. The zero-order valence-corrected chi connectivity index (χ0v) is 16.7. The number of benzene rings is 3. The fraction of sp³-hybridized carbons (Fsp3) is 0.0400. The third kappa shape index (κ3) is 4.01. The topological polar surface area (TPSA) is 49.3 Å². The van der Waals surface area contributed by atoms with Gasteiger partial charge in [0.15, 0.2) is 0 Å². The van der Waals surface area contributed by atoms with Crippen molar-refractivity contribution < 1.29 is 4.42 Å². The van der Waals surface area contributed by atoms with Gasteiger partial charge < -0.3 is 4.42 Å². The molecule has 29 heavy (non-hydrogen) atoms. The summed E-state index contributed by atoms with van der Waals surface area (Å²) in [6.07, 6.45) is 3.77. The quantitative estimate of drug-likeness (QED) is 0.272. The second-order valence-corrected chi connectivity index (χ2v) is 7.24. The number of hydrogen-bond acceptors (Lipinski definition) is 4. The van der Waals surface area contributed by atoms with Crippen LogP contribution in [0, 0.1) is 11.3 Å². The molecule has 0 saturated heterocycles. The predicted octanol–water partition coefficient (Wildman–Crippen LogP) is 6.96. The summed E-state index contributed by atoms with van der Waals surface area (Å²) in [6, 6.07) is 30.0. The van der Waals surface area contributed by atoms with E-state index in [4.69, 9.17) is 4.42 Å². The van der Waals surface area contributed by atoms with E-state index >= 15 is 0 Å². The van der Waals surface area contributed by atoms with E-state index in [1.165, 1.54) is 4.90 Å². The zero-order chi connectivity index (χ0) is 20.1. The highest BCUT2D eigenvalue weighted by atomic mass is 32.2. The lowest BCUT2D eigenvalue weighted by Gasteiger charge is -2.03. The van der Waals surface area contributed by atoms with Gasteiger partial charge in [0.05, 0.1) is 0 Å². The van der Waals surface area contributed by atoms with Crippen LogP contribution in [0.4, 0.5) is 5.88 Å². The number of hydrogen-bond donors (Lipinski definition) is 0. The van der Waals surface area contributed by atoms with Crippen LogP contribution in [0.2, 0.25) is 0 Å². The summed E-state index contributed by atoms with van der Waals surface area (Å²) in [4.78, 5) is 5.70. The van der Waals surface area contributed by atoms with Gasteiger partial charge >= 0.3 is 0 Å². The molecule has 0 aliphatic rings. The lowest BCUT2D eigenvalue weighted by Crippen LogP contribution is -1.83. The first-order valence-electron chi connectivity index (χ1n) is 9.16. The number of rotatable bonds is 5. The van der Waals surface area contributed by atoms with Crippen LogP contribution in [0.25, 0.3) is 22.5 Å². The number of aliphatic imine (C=N–C) groups is 1. The fourth-order valence-electron chi connectivity index (χ4n) is 3.11. The van der Waals surface area contributed by atoms with Crippen molar-refractivity contribution in [1.29, 1.82) is 5.26 Å². The Kier molecular flexibility index (Phi) is 5.60. The molecule has 4 rings (SSSR count). The Morgan fingerprint density at radius 3 is 2.07 bits per heavy atom. The van der Waals surface area contributed by atoms with Crippen LogP contribution in [0.3, 0.4) is 0 Å². The van der Waals surface area contributed by atoms with E-state index in [-0.39, 0.29) is 0 Å². The van der Waals surface area contributed by atoms with E-state index in [1.54, 1.807) is 18.0 Å². The van der Waals surface area contributed by atoms with Crippen molar-refractivity contribution in [3.05, 3.63) is 96.1 Å². The molecule has 1 aromatic heterocycles. The van der Waals surface area contributed by atoms with Gasteiger partial charge in [-0.15, -0.1) is 11.8 Å². The second kappa shape index (κ2) is 8.64. The molecule has 0 amide bonds. The Balaban J connectivity index is 1.83. The minimum absolute atomic E-state index is 0.319. The Morgan fingerprint density at radius 2 is 1.48 bits per heavy atom. The van der Waals surface area contributed by atoms with Crippen molar-refractivity contribution in [2.75, 3.05) is 6.26 Å². The lowest BCUT2D eigenvalue weighted by molar-refractivity contribution is 0.593. The third-order valence-electron chi connectivity index (χ3n) is 4.55. The fourth-order valence-corrected chi connectivity index (χ4v) is 3.52. The first-order chi connectivity index (χ1) is 14.3. The highest BCUT2D eigenvalue weighted by molar-refractivity contribution is 7.98. The van der Waals surface area contributed by atoms with E-state index in [1.807, 2.05) is 91.2 Å². The van der Waals surface area contributed by atoms with Crippen molar-refractivity contribution >= 4 is 23.9 Å². The van der Waals surface area contributed by atoms with Gasteiger partial charge in [-0.2, -0.15) is 5.26 Å². The molecule has 3 nitrogen and oxygen atoms in total. The molecule has 0 aliphatic carbocycles. The molecular formula is C25H18N2OS. The number of thioether (sulfide) groups is 1. The Labute approximate surface area is 174 Å². The zero-order valence-electron chi connectivity index (χ0n) is 15.9. The molecule has 1 heterocycles. The maximum absolute atomic E-state index is 9.90. The predicted molar refractivity (Wildman–Crippen MR) is 120 cm³/mol. The summed E-state index contributed by atoms with van der Waals surface area (Å²) in [5, 5.41) is 9.90. The number of nitrogens with zero attached hydrogens (tertiary/aromatic N) is 2. The lowest BCUT2D eigenvalue weighted by atomic mass is 9.98. The SMILES string of the molecule is CSc1ccc(C=Nc2oc(-c3ccccc3)c(-c3ccccc3)c2C#N)cc1. The van der Waals surface area contributed by atoms with Crippen molar-refractivity contribution in [2.45, 2.75) is 4.90 Å². The molecule has 0 radical (unpaired) electrons. The molecule has 4 aromatic rings. The average Bonchev–Trinajstić information content (AvgIpc) is 3.17. The molecular weight excluding hydrogens is 376 g/mol. The van der Waals surface area contributed by atoms with Crippen LogP contribution in [0.15, 0.2) is 99.2 Å². The molecule has 0 unspecified atom stereocenters. The van der Waals surface area contributed by atoms with E-state index in [0.717, 1.165) is 22.3 Å². The molecule has 140 valence electrons. The normalized spacial score (nSPS) is 10.9. The summed E-state index contributed by atoms with van der Waals surface area (Å²) in [6.45, 7) is 0. The standard InChI is InChI=1S/C25H18N2OS/c1-29-21-14-12-18(13-15-21)17-27-25-22(16-26)23(19-8-4-2-5-9-19)24(28-25)20-10-6-3-7-11-20/h2-15,17H,1H3. The number of nitriles is 1. The summed E-state index contributed by atoms with van der Waals surface area (Å²) >= 11 is 1.69. The highest BCUT2D eigenvalue weighted by Crippen LogP contribution is 2.42. The van der Waals surface area contributed by atoms with Crippen molar-refractivity contribution in [1.82, 2.24) is 0 Å². The monoisotopic (exact) mass is 394 g/mol. The minimum Gasteiger partial charge on any atom is -0.436 e. The molecule has 0 aliphatic heterocycles. The Morgan fingerprint density at radius 1 is 0.862 bits per heavy atom. The summed E-state index contributed by atoms with van der Waals surface area (Å²) in [7, 11) is 0. The third-order valence-corrected chi connectivity index (χ3v) is 5.29. The molecule has 0 fully saturated rings.